The van der Waals surface area contributed by atoms with Gasteiger partial charge in [-0.15, -0.1) is 0 Å². The zero-order valence-electron chi connectivity index (χ0n) is 11.4. The molecule has 18 heavy (non-hydrogen) atoms. The fraction of sp³-hybridized carbons (Fsp3) is 0.600. The Balaban J connectivity index is 2.04. The molecule has 0 amide bonds. The van der Waals surface area contributed by atoms with Gasteiger partial charge >= 0.3 is 0 Å². The zero-order valence-corrected chi connectivity index (χ0v) is 11.4. The van der Waals surface area contributed by atoms with E-state index in [1.165, 1.54) is 23.2 Å². The number of aliphatic hydroxyl groups is 1. The van der Waals surface area contributed by atoms with Gasteiger partial charge in [-0.2, -0.15) is 0 Å². The van der Waals surface area contributed by atoms with Crippen LogP contribution in [0.5, 0.6) is 0 Å². The highest BCUT2D eigenvalue weighted by Crippen LogP contribution is 2.27. The Bertz CT molecular complexity index is 392. The van der Waals surface area contributed by atoms with Gasteiger partial charge in [0.25, 0.3) is 0 Å². The first-order valence-corrected chi connectivity index (χ1v) is 6.84. The summed E-state index contributed by atoms with van der Waals surface area (Å²) in [5.74, 6) is 0.660. The van der Waals surface area contributed by atoms with E-state index in [9.17, 15) is 0 Å². The molecule has 0 aromatic heterocycles. The van der Waals surface area contributed by atoms with Crippen molar-refractivity contribution in [2.24, 2.45) is 5.92 Å². The number of benzene rings is 1. The molecule has 1 fully saturated rings. The molecule has 1 unspecified atom stereocenters. The smallest absolute Gasteiger partial charge is 0.0434 e. The highest BCUT2D eigenvalue weighted by atomic mass is 16.3. The second-order valence-electron chi connectivity index (χ2n) is 5.25. The maximum absolute atomic E-state index is 9.00. The summed E-state index contributed by atoms with van der Waals surface area (Å²) in [6.07, 6.45) is 2.14. The van der Waals surface area contributed by atoms with Gasteiger partial charge in [-0.3, -0.25) is 0 Å². The van der Waals surface area contributed by atoms with Crippen LogP contribution in [-0.4, -0.2) is 31.9 Å². The van der Waals surface area contributed by atoms with E-state index in [2.05, 4.69) is 35.3 Å². The molecule has 0 bridgehead atoms. The molecule has 1 saturated heterocycles. The molecule has 1 aromatic carbocycles. The predicted octanol–water partition coefficient (Wildman–Crippen LogP) is 1.92. The Kier molecular flexibility index (Phi) is 4.61. The Morgan fingerprint density at radius 2 is 2.28 bits per heavy atom. The van der Waals surface area contributed by atoms with Gasteiger partial charge in [-0.05, 0) is 56.0 Å². The van der Waals surface area contributed by atoms with Crippen molar-refractivity contribution in [1.29, 1.82) is 0 Å². The summed E-state index contributed by atoms with van der Waals surface area (Å²) in [5.41, 5.74) is 4.05. The molecule has 100 valence electrons. The van der Waals surface area contributed by atoms with Crippen LogP contribution < -0.4 is 10.2 Å². The van der Waals surface area contributed by atoms with Crippen molar-refractivity contribution in [2.45, 2.75) is 26.3 Å². The Morgan fingerprint density at radius 3 is 2.94 bits per heavy atom. The van der Waals surface area contributed by atoms with Crippen molar-refractivity contribution in [3.8, 4) is 0 Å². The van der Waals surface area contributed by atoms with Crippen LogP contribution in [0.3, 0.4) is 0 Å². The summed E-state index contributed by atoms with van der Waals surface area (Å²) in [5, 5.41) is 12.2. The molecule has 1 aliphatic rings. The van der Waals surface area contributed by atoms with Crippen LogP contribution in [0.25, 0.3) is 0 Å². The van der Waals surface area contributed by atoms with E-state index in [1.807, 2.05) is 7.05 Å². The molecule has 2 N–H and O–H groups in total. The molecule has 1 aromatic rings. The average molecular weight is 248 g/mol. The van der Waals surface area contributed by atoms with Gasteiger partial charge in [0.1, 0.15) is 0 Å². The molecule has 0 saturated carbocycles. The van der Waals surface area contributed by atoms with Crippen molar-refractivity contribution in [2.75, 3.05) is 31.6 Å². The fourth-order valence-corrected chi connectivity index (χ4v) is 2.75. The molecule has 1 heterocycles. The van der Waals surface area contributed by atoms with Crippen molar-refractivity contribution >= 4 is 5.69 Å². The number of rotatable bonds is 5. The molecular formula is C15H24N2O. The van der Waals surface area contributed by atoms with E-state index >= 15 is 0 Å². The average Bonchev–Trinajstić information content (AvgIpc) is 2.81. The summed E-state index contributed by atoms with van der Waals surface area (Å²) in [6, 6.07) is 6.73. The molecule has 3 nitrogen and oxygen atoms in total. The topological polar surface area (TPSA) is 35.5 Å². The minimum atomic E-state index is 0.318. The summed E-state index contributed by atoms with van der Waals surface area (Å²) in [4.78, 5) is 2.44. The molecular weight excluding hydrogens is 224 g/mol. The lowest BCUT2D eigenvalue weighted by Crippen LogP contribution is -2.20. The van der Waals surface area contributed by atoms with Gasteiger partial charge in [-0.25, -0.2) is 0 Å². The third-order valence-electron chi connectivity index (χ3n) is 3.88. The normalized spacial score (nSPS) is 19.5. The number of nitrogens with one attached hydrogen (secondary N) is 1. The van der Waals surface area contributed by atoms with E-state index in [-0.39, 0.29) is 0 Å². The Hall–Kier alpha value is -1.06. The van der Waals surface area contributed by atoms with E-state index < -0.39 is 0 Å². The van der Waals surface area contributed by atoms with Crippen LogP contribution in [0, 0.1) is 12.8 Å². The maximum Gasteiger partial charge on any atom is 0.0434 e. The van der Waals surface area contributed by atoms with Gasteiger partial charge in [0, 0.05) is 31.9 Å². The molecule has 0 spiro atoms. The lowest BCUT2D eigenvalue weighted by molar-refractivity contribution is 0.263. The zero-order chi connectivity index (χ0) is 13.0. The van der Waals surface area contributed by atoms with Crippen molar-refractivity contribution < 1.29 is 5.11 Å². The highest BCUT2D eigenvalue weighted by Gasteiger charge is 2.22. The van der Waals surface area contributed by atoms with Crippen LogP contribution in [0.15, 0.2) is 18.2 Å². The molecule has 2 rings (SSSR count). The quantitative estimate of drug-likeness (QED) is 0.835. The number of hydrogen-bond donors (Lipinski definition) is 2. The SMILES string of the molecule is CNCc1ccc(N2CCC(CCO)C2)cc1C. The van der Waals surface area contributed by atoms with E-state index in [1.54, 1.807) is 0 Å². The predicted molar refractivity (Wildman–Crippen MR) is 76.0 cm³/mol. The molecule has 1 aliphatic heterocycles. The second kappa shape index (κ2) is 6.21. The lowest BCUT2D eigenvalue weighted by Gasteiger charge is -2.20. The van der Waals surface area contributed by atoms with Crippen LogP contribution in [-0.2, 0) is 6.54 Å². The van der Waals surface area contributed by atoms with Crippen molar-refractivity contribution in [3.05, 3.63) is 29.3 Å². The lowest BCUT2D eigenvalue weighted by atomic mass is 10.1. The number of hydrogen-bond acceptors (Lipinski definition) is 3. The van der Waals surface area contributed by atoms with Gasteiger partial charge in [0.2, 0.25) is 0 Å². The van der Waals surface area contributed by atoms with Crippen LogP contribution in [0.1, 0.15) is 24.0 Å². The minimum Gasteiger partial charge on any atom is -0.396 e. The van der Waals surface area contributed by atoms with Gasteiger partial charge in [0.05, 0.1) is 0 Å². The molecule has 1 atom stereocenters. The number of aryl methyl sites for hydroxylation is 1. The summed E-state index contributed by atoms with van der Waals surface area (Å²) in [6.45, 7) is 5.64. The largest absolute Gasteiger partial charge is 0.396 e. The monoisotopic (exact) mass is 248 g/mol. The fourth-order valence-electron chi connectivity index (χ4n) is 2.75. The third-order valence-corrected chi connectivity index (χ3v) is 3.88. The third kappa shape index (κ3) is 3.03. The standard InChI is InChI=1S/C15H24N2O/c1-12-9-15(4-3-14(12)10-16-2)17-7-5-13(11-17)6-8-18/h3-4,9,13,16,18H,5-8,10-11H2,1-2H3. The number of nitrogens with zero attached hydrogens (tertiary/aromatic N) is 1. The highest BCUT2D eigenvalue weighted by molar-refractivity contribution is 5.51. The number of anilines is 1. The summed E-state index contributed by atoms with van der Waals surface area (Å²) >= 11 is 0. The summed E-state index contributed by atoms with van der Waals surface area (Å²) < 4.78 is 0. The van der Waals surface area contributed by atoms with E-state index in [0.29, 0.717) is 12.5 Å². The van der Waals surface area contributed by atoms with E-state index in [0.717, 1.165) is 26.1 Å². The first-order chi connectivity index (χ1) is 8.74. The van der Waals surface area contributed by atoms with Gasteiger partial charge in [-0.1, -0.05) is 6.07 Å². The molecule has 0 aliphatic carbocycles. The Labute approximate surface area is 110 Å². The first kappa shape index (κ1) is 13.4. The molecule has 0 radical (unpaired) electrons. The van der Waals surface area contributed by atoms with Crippen LogP contribution in [0.4, 0.5) is 5.69 Å². The number of aliphatic hydroxyl groups excluding tert-OH is 1. The van der Waals surface area contributed by atoms with Gasteiger partial charge < -0.3 is 15.3 Å². The molecule has 3 heteroatoms. The second-order valence-corrected chi connectivity index (χ2v) is 5.25. The Morgan fingerprint density at radius 1 is 1.44 bits per heavy atom. The summed E-state index contributed by atoms with van der Waals surface area (Å²) in [7, 11) is 1.98. The van der Waals surface area contributed by atoms with Gasteiger partial charge in [0.15, 0.2) is 0 Å². The van der Waals surface area contributed by atoms with Crippen LogP contribution in [0.2, 0.25) is 0 Å². The minimum absolute atomic E-state index is 0.318. The van der Waals surface area contributed by atoms with E-state index in [4.69, 9.17) is 5.11 Å². The van der Waals surface area contributed by atoms with Crippen LogP contribution >= 0.6 is 0 Å². The van der Waals surface area contributed by atoms with Crippen molar-refractivity contribution in [3.63, 3.8) is 0 Å². The first-order valence-electron chi connectivity index (χ1n) is 6.84. The van der Waals surface area contributed by atoms with Crippen molar-refractivity contribution in [1.82, 2.24) is 5.32 Å². The maximum atomic E-state index is 9.00.